The topological polar surface area (TPSA) is 26.8 Å². The number of benzene rings is 2. The van der Waals surface area contributed by atoms with Crippen LogP contribution in [0.15, 0.2) is 48.5 Å². The summed E-state index contributed by atoms with van der Waals surface area (Å²) in [4.78, 5) is 18.6. The Balaban J connectivity index is 1.50. The zero-order valence-electron chi connectivity index (χ0n) is 16.4. The molecule has 6 heteroatoms. The third kappa shape index (κ3) is 5.14. The quantitative estimate of drug-likeness (QED) is 0.761. The lowest BCUT2D eigenvalue weighted by Crippen LogP contribution is -2.50. The van der Waals surface area contributed by atoms with Crippen LogP contribution in [0.2, 0.25) is 0 Å². The zero-order chi connectivity index (χ0) is 20.1. The molecule has 4 nitrogen and oxygen atoms in total. The van der Waals surface area contributed by atoms with Crippen LogP contribution < -0.4 is 0 Å². The highest BCUT2D eigenvalue weighted by Crippen LogP contribution is 2.23. The van der Waals surface area contributed by atoms with Crippen LogP contribution >= 0.6 is 0 Å². The number of rotatable bonds is 6. The molecule has 0 bridgehead atoms. The summed E-state index contributed by atoms with van der Waals surface area (Å²) in [6, 6.07) is 13.3. The summed E-state index contributed by atoms with van der Waals surface area (Å²) in [5.41, 5.74) is 1.54. The molecule has 1 atom stereocenters. The molecular formula is C22H27F2N3O. The van der Waals surface area contributed by atoms with Gasteiger partial charge in [0.25, 0.3) is 0 Å². The molecule has 3 rings (SSSR count). The van der Waals surface area contributed by atoms with Crippen molar-refractivity contribution in [3.05, 3.63) is 71.3 Å². The molecule has 150 valence electrons. The molecule has 0 spiro atoms. The largest absolute Gasteiger partial charge is 0.339 e. The number of nitrogens with zero attached hydrogens (tertiary/aromatic N) is 3. The van der Waals surface area contributed by atoms with Gasteiger partial charge in [-0.3, -0.25) is 14.6 Å². The third-order valence-electron chi connectivity index (χ3n) is 5.43. The number of likely N-dealkylation sites (N-methyl/N-ethyl adjacent to an activating group) is 1. The Bertz CT molecular complexity index is 792. The van der Waals surface area contributed by atoms with Gasteiger partial charge in [0.2, 0.25) is 5.91 Å². The smallest absolute Gasteiger partial charge is 0.236 e. The Morgan fingerprint density at radius 3 is 2.43 bits per heavy atom. The Morgan fingerprint density at radius 1 is 1.07 bits per heavy atom. The maximum atomic E-state index is 14.0. The first-order valence-corrected chi connectivity index (χ1v) is 9.63. The van der Waals surface area contributed by atoms with Gasteiger partial charge in [0, 0.05) is 44.3 Å². The maximum Gasteiger partial charge on any atom is 0.236 e. The molecule has 0 radical (unpaired) electrons. The number of amides is 1. The summed E-state index contributed by atoms with van der Waals surface area (Å²) in [5.74, 6) is -0.911. The second kappa shape index (κ2) is 9.26. The number of hydrogen-bond donors (Lipinski definition) is 0. The molecule has 1 fully saturated rings. The molecule has 1 amide bonds. The van der Waals surface area contributed by atoms with E-state index in [1.807, 2.05) is 23.1 Å². The molecule has 28 heavy (non-hydrogen) atoms. The fourth-order valence-corrected chi connectivity index (χ4v) is 3.52. The summed E-state index contributed by atoms with van der Waals surface area (Å²) in [5, 5.41) is 0. The maximum absolute atomic E-state index is 14.0. The number of carbonyl (C=O) groups is 1. The highest BCUT2D eigenvalue weighted by atomic mass is 19.1. The van der Waals surface area contributed by atoms with Gasteiger partial charge in [0.15, 0.2) is 0 Å². The minimum atomic E-state index is -0.475. The number of halogens is 2. The van der Waals surface area contributed by atoms with E-state index in [2.05, 4.69) is 17.0 Å². The monoisotopic (exact) mass is 387 g/mol. The van der Waals surface area contributed by atoms with Crippen LogP contribution in [-0.4, -0.2) is 60.4 Å². The fourth-order valence-electron chi connectivity index (χ4n) is 3.52. The summed E-state index contributed by atoms with van der Waals surface area (Å²) in [6.45, 7) is 5.87. The van der Waals surface area contributed by atoms with Crippen molar-refractivity contribution in [1.82, 2.24) is 14.7 Å². The van der Waals surface area contributed by atoms with Crippen LogP contribution in [-0.2, 0) is 11.3 Å². The van der Waals surface area contributed by atoms with E-state index in [1.165, 1.54) is 11.6 Å². The van der Waals surface area contributed by atoms with E-state index in [9.17, 15) is 13.6 Å². The van der Waals surface area contributed by atoms with Crippen molar-refractivity contribution < 1.29 is 13.6 Å². The molecule has 1 unspecified atom stereocenters. The molecular weight excluding hydrogens is 360 g/mol. The summed E-state index contributed by atoms with van der Waals surface area (Å²) in [6.07, 6.45) is 0. The van der Waals surface area contributed by atoms with E-state index < -0.39 is 11.6 Å². The molecule has 1 heterocycles. The number of carbonyl (C=O) groups excluding carboxylic acids is 1. The van der Waals surface area contributed by atoms with E-state index >= 15 is 0 Å². The Kier molecular flexibility index (Phi) is 6.75. The predicted octanol–water partition coefficient (Wildman–Crippen LogP) is 3.30. The van der Waals surface area contributed by atoms with E-state index in [0.29, 0.717) is 13.1 Å². The van der Waals surface area contributed by atoms with Crippen molar-refractivity contribution in [2.24, 2.45) is 0 Å². The van der Waals surface area contributed by atoms with Crippen LogP contribution in [0.3, 0.4) is 0 Å². The van der Waals surface area contributed by atoms with E-state index in [4.69, 9.17) is 0 Å². The molecule has 1 aliphatic heterocycles. The molecule has 0 saturated carbocycles. The van der Waals surface area contributed by atoms with Crippen molar-refractivity contribution in [1.29, 1.82) is 0 Å². The predicted molar refractivity (Wildman–Crippen MR) is 106 cm³/mol. The first-order chi connectivity index (χ1) is 13.4. The standard InChI is InChI=1S/C22H27F2N3O/c1-17(20-14-19(23)8-9-21(20)24)25(2)16-22(28)27-12-10-26(11-13-27)15-18-6-4-3-5-7-18/h3-9,14,17H,10-13,15-16H2,1-2H3. The highest BCUT2D eigenvalue weighted by molar-refractivity contribution is 5.78. The van der Waals surface area contributed by atoms with Crippen molar-refractivity contribution >= 4 is 5.91 Å². The van der Waals surface area contributed by atoms with Gasteiger partial charge in [0.1, 0.15) is 11.6 Å². The molecule has 2 aromatic rings. The van der Waals surface area contributed by atoms with Gasteiger partial charge in [-0.05, 0) is 37.7 Å². The van der Waals surface area contributed by atoms with E-state index in [1.54, 1.807) is 18.9 Å². The summed E-state index contributed by atoms with van der Waals surface area (Å²) < 4.78 is 27.5. The lowest BCUT2D eigenvalue weighted by Gasteiger charge is -2.36. The van der Waals surface area contributed by atoms with E-state index in [0.717, 1.165) is 31.8 Å². The summed E-state index contributed by atoms with van der Waals surface area (Å²) >= 11 is 0. The van der Waals surface area contributed by atoms with E-state index in [-0.39, 0.29) is 24.1 Å². The second-order valence-electron chi connectivity index (χ2n) is 7.40. The molecule has 0 aromatic heterocycles. The third-order valence-corrected chi connectivity index (χ3v) is 5.43. The van der Waals surface area contributed by atoms with Gasteiger partial charge in [-0.25, -0.2) is 8.78 Å². The van der Waals surface area contributed by atoms with Gasteiger partial charge in [0.05, 0.1) is 6.54 Å². The van der Waals surface area contributed by atoms with Crippen LogP contribution in [0.1, 0.15) is 24.1 Å². The van der Waals surface area contributed by atoms with Crippen molar-refractivity contribution in [2.75, 3.05) is 39.8 Å². The summed E-state index contributed by atoms with van der Waals surface area (Å²) in [7, 11) is 1.76. The van der Waals surface area contributed by atoms with Crippen molar-refractivity contribution in [3.63, 3.8) is 0 Å². The average Bonchev–Trinajstić information content (AvgIpc) is 2.70. The van der Waals surface area contributed by atoms with Crippen LogP contribution in [0.4, 0.5) is 8.78 Å². The molecule has 1 saturated heterocycles. The minimum absolute atomic E-state index is 0.0190. The molecule has 1 aliphatic rings. The van der Waals surface area contributed by atoms with Gasteiger partial charge >= 0.3 is 0 Å². The molecule has 2 aromatic carbocycles. The van der Waals surface area contributed by atoms with Crippen LogP contribution in [0, 0.1) is 11.6 Å². The Morgan fingerprint density at radius 2 is 1.75 bits per heavy atom. The lowest BCUT2D eigenvalue weighted by atomic mass is 10.1. The molecule has 0 N–H and O–H groups in total. The van der Waals surface area contributed by atoms with Gasteiger partial charge in [-0.1, -0.05) is 30.3 Å². The Hall–Kier alpha value is -2.31. The van der Waals surface area contributed by atoms with Gasteiger partial charge < -0.3 is 4.90 Å². The second-order valence-corrected chi connectivity index (χ2v) is 7.40. The van der Waals surface area contributed by atoms with Gasteiger partial charge in [-0.2, -0.15) is 0 Å². The van der Waals surface area contributed by atoms with Crippen LogP contribution in [0.25, 0.3) is 0 Å². The Labute approximate surface area is 165 Å². The van der Waals surface area contributed by atoms with Gasteiger partial charge in [-0.15, -0.1) is 0 Å². The first-order valence-electron chi connectivity index (χ1n) is 9.63. The first kappa shape index (κ1) is 20.4. The number of hydrogen-bond acceptors (Lipinski definition) is 3. The van der Waals surface area contributed by atoms with Crippen molar-refractivity contribution in [3.8, 4) is 0 Å². The highest BCUT2D eigenvalue weighted by Gasteiger charge is 2.24. The lowest BCUT2D eigenvalue weighted by molar-refractivity contribution is -0.134. The number of piperazine rings is 1. The van der Waals surface area contributed by atoms with Crippen molar-refractivity contribution in [2.45, 2.75) is 19.5 Å². The zero-order valence-corrected chi connectivity index (χ0v) is 16.4. The molecule has 0 aliphatic carbocycles. The minimum Gasteiger partial charge on any atom is -0.339 e. The fraction of sp³-hybridized carbons (Fsp3) is 0.409. The average molecular weight is 387 g/mol. The SMILES string of the molecule is CC(c1cc(F)ccc1F)N(C)CC(=O)N1CCN(Cc2ccccc2)CC1. The normalized spacial score (nSPS) is 16.4. The van der Waals surface area contributed by atoms with Crippen LogP contribution in [0.5, 0.6) is 0 Å².